The molecule has 1 atom stereocenters. The van der Waals surface area contributed by atoms with Gasteiger partial charge < -0.3 is 9.84 Å². The zero-order chi connectivity index (χ0) is 13.4. The summed E-state index contributed by atoms with van der Waals surface area (Å²) in [5.74, 6) is -0.696. The van der Waals surface area contributed by atoms with Crippen LogP contribution in [-0.4, -0.2) is 28.0 Å². The Morgan fingerprint density at radius 1 is 1.42 bits per heavy atom. The number of benzene rings is 1. The predicted molar refractivity (Wildman–Crippen MR) is 68.8 cm³/mol. The summed E-state index contributed by atoms with van der Waals surface area (Å²) in [5.41, 5.74) is 2.42. The molecule has 5 heteroatoms. The van der Waals surface area contributed by atoms with E-state index in [1.165, 1.54) is 0 Å². The quantitative estimate of drug-likeness (QED) is 0.914. The van der Waals surface area contributed by atoms with E-state index >= 15 is 0 Å². The molecule has 0 saturated carbocycles. The van der Waals surface area contributed by atoms with Gasteiger partial charge in [-0.05, 0) is 25.0 Å². The Morgan fingerprint density at radius 3 is 2.79 bits per heavy atom. The first-order valence-corrected chi connectivity index (χ1v) is 6.16. The molecule has 1 aromatic carbocycles. The minimum Gasteiger partial charge on any atom is -0.481 e. The lowest BCUT2D eigenvalue weighted by atomic mass is 10.1. The summed E-state index contributed by atoms with van der Waals surface area (Å²) < 4.78 is 7.10. The SMILES string of the molecule is COc1c2c(nn1-c1ccccc1)C(C(=O)O)CC2. The number of ether oxygens (including phenoxy) is 1. The van der Waals surface area contributed by atoms with E-state index in [1.807, 2.05) is 30.3 Å². The van der Waals surface area contributed by atoms with Crippen LogP contribution in [0.5, 0.6) is 5.88 Å². The van der Waals surface area contributed by atoms with Crippen LogP contribution < -0.4 is 4.74 Å². The van der Waals surface area contributed by atoms with Crippen molar-refractivity contribution in [3.05, 3.63) is 41.6 Å². The van der Waals surface area contributed by atoms with Gasteiger partial charge in [-0.25, -0.2) is 4.68 Å². The highest BCUT2D eigenvalue weighted by Gasteiger charge is 2.35. The average Bonchev–Trinajstić information content (AvgIpc) is 2.97. The number of aliphatic carboxylic acids is 1. The smallest absolute Gasteiger partial charge is 0.312 e. The van der Waals surface area contributed by atoms with Gasteiger partial charge in [-0.15, -0.1) is 0 Å². The Bertz CT molecular complexity index is 619. The van der Waals surface area contributed by atoms with Crippen LogP contribution in [0.3, 0.4) is 0 Å². The molecule has 0 radical (unpaired) electrons. The molecule has 1 heterocycles. The third-order valence-electron chi connectivity index (χ3n) is 3.47. The maximum absolute atomic E-state index is 11.2. The molecule has 1 aromatic heterocycles. The number of carboxylic acids is 1. The second-order valence-electron chi connectivity index (χ2n) is 4.55. The number of para-hydroxylation sites is 1. The molecule has 3 rings (SSSR count). The van der Waals surface area contributed by atoms with Crippen LogP contribution in [0.4, 0.5) is 0 Å². The summed E-state index contributed by atoms with van der Waals surface area (Å²) >= 11 is 0. The number of fused-ring (bicyclic) bond motifs is 1. The molecule has 0 spiro atoms. The van der Waals surface area contributed by atoms with E-state index in [4.69, 9.17) is 4.74 Å². The standard InChI is InChI=1S/C14H14N2O3/c1-19-13-10-7-8-11(14(17)18)12(10)15-16(13)9-5-3-2-4-6-9/h2-6,11H,7-8H2,1H3,(H,17,18). The predicted octanol–water partition coefficient (Wildman–Crippen LogP) is 2.00. The van der Waals surface area contributed by atoms with Gasteiger partial charge in [0, 0.05) is 5.56 Å². The van der Waals surface area contributed by atoms with Crippen LogP contribution in [0.15, 0.2) is 30.3 Å². The number of methoxy groups -OCH3 is 1. The van der Waals surface area contributed by atoms with E-state index in [9.17, 15) is 9.90 Å². The van der Waals surface area contributed by atoms with Crippen LogP contribution >= 0.6 is 0 Å². The molecule has 0 saturated heterocycles. The number of hydrogen-bond acceptors (Lipinski definition) is 3. The number of rotatable bonds is 3. The fourth-order valence-corrected chi connectivity index (χ4v) is 2.59. The highest BCUT2D eigenvalue weighted by Crippen LogP contribution is 2.39. The maximum Gasteiger partial charge on any atom is 0.312 e. The van der Waals surface area contributed by atoms with Gasteiger partial charge in [-0.3, -0.25) is 4.79 Å². The first-order valence-electron chi connectivity index (χ1n) is 6.16. The normalized spacial score (nSPS) is 17.2. The first kappa shape index (κ1) is 11.8. The third kappa shape index (κ3) is 1.78. The maximum atomic E-state index is 11.2. The highest BCUT2D eigenvalue weighted by atomic mass is 16.5. The van der Waals surface area contributed by atoms with Gasteiger partial charge in [0.05, 0.1) is 18.5 Å². The van der Waals surface area contributed by atoms with E-state index in [2.05, 4.69) is 5.10 Å². The van der Waals surface area contributed by atoms with Crippen LogP contribution in [0.25, 0.3) is 5.69 Å². The minimum absolute atomic E-state index is 0.520. The van der Waals surface area contributed by atoms with E-state index in [0.717, 1.165) is 11.3 Å². The van der Waals surface area contributed by atoms with Crippen LogP contribution in [0, 0.1) is 0 Å². The van der Waals surface area contributed by atoms with Crippen molar-refractivity contribution >= 4 is 5.97 Å². The minimum atomic E-state index is -0.820. The number of aromatic nitrogens is 2. The van der Waals surface area contributed by atoms with E-state index < -0.39 is 11.9 Å². The lowest BCUT2D eigenvalue weighted by Gasteiger charge is -2.08. The van der Waals surface area contributed by atoms with Crippen molar-refractivity contribution in [2.24, 2.45) is 0 Å². The van der Waals surface area contributed by atoms with Crippen molar-refractivity contribution in [1.82, 2.24) is 9.78 Å². The van der Waals surface area contributed by atoms with E-state index in [1.54, 1.807) is 11.8 Å². The van der Waals surface area contributed by atoms with E-state index in [0.29, 0.717) is 24.4 Å². The fraction of sp³-hybridized carbons (Fsp3) is 0.286. The zero-order valence-electron chi connectivity index (χ0n) is 10.5. The van der Waals surface area contributed by atoms with Crippen molar-refractivity contribution in [2.45, 2.75) is 18.8 Å². The number of carbonyl (C=O) groups is 1. The molecular weight excluding hydrogens is 244 g/mol. The van der Waals surface area contributed by atoms with Gasteiger partial charge in [0.15, 0.2) is 0 Å². The van der Waals surface area contributed by atoms with Gasteiger partial charge in [0.2, 0.25) is 5.88 Å². The molecule has 0 amide bonds. The number of nitrogens with zero attached hydrogens (tertiary/aromatic N) is 2. The van der Waals surface area contributed by atoms with Gasteiger partial charge in [0.25, 0.3) is 0 Å². The Balaban J connectivity index is 2.13. The van der Waals surface area contributed by atoms with Crippen molar-refractivity contribution in [1.29, 1.82) is 0 Å². The molecule has 1 aliphatic carbocycles. The molecule has 0 aliphatic heterocycles. The molecular formula is C14H14N2O3. The topological polar surface area (TPSA) is 64.4 Å². The third-order valence-corrected chi connectivity index (χ3v) is 3.47. The Labute approximate surface area is 110 Å². The fourth-order valence-electron chi connectivity index (χ4n) is 2.59. The summed E-state index contributed by atoms with van der Waals surface area (Å²) in [6.07, 6.45) is 1.29. The number of carboxylic acid groups (broad SMARTS) is 1. The highest BCUT2D eigenvalue weighted by molar-refractivity contribution is 5.77. The number of hydrogen-bond donors (Lipinski definition) is 1. The summed E-state index contributed by atoms with van der Waals surface area (Å²) in [6, 6.07) is 9.58. The van der Waals surface area contributed by atoms with Gasteiger partial charge >= 0.3 is 5.97 Å². The lowest BCUT2D eigenvalue weighted by molar-refractivity contribution is -0.138. The Morgan fingerprint density at radius 2 is 2.16 bits per heavy atom. The summed E-state index contributed by atoms with van der Waals surface area (Å²) in [7, 11) is 1.59. The van der Waals surface area contributed by atoms with Gasteiger partial charge in [0.1, 0.15) is 5.92 Å². The summed E-state index contributed by atoms with van der Waals surface area (Å²) in [6.45, 7) is 0. The van der Waals surface area contributed by atoms with E-state index in [-0.39, 0.29) is 0 Å². The summed E-state index contributed by atoms with van der Waals surface area (Å²) in [4.78, 5) is 11.2. The monoisotopic (exact) mass is 258 g/mol. The van der Waals surface area contributed by atoms with Gasteiger partial charge in [-0.2, -0.15) is 5.10 Å². The molecule has 0 bridgehead atoms. The first-order chi connectivity index (χ1) is 9.22. The largest absolute Gasteiger partial charge is 0.481 e. The second-order valence-corrected chi connectivity index (χ2v) is 4.55. The molecule has 98 valence electrons. The molecule has 19 heavy (non-hydrogen) atoms. The van der Waals surface area contributed by atoms with Crippen molar-refractivity contribution in [3.8, 4) is 11.6 Å². The molecule has 5 nitrogen and oxygen atoms in total. The van der Waals surface area contributed by atoms with Crippen molar-refractivity contribution in [3.63, 3.8) is 0 Å². The molecule has 1 aliphatic rings. The van der Waals surface area contributed by atoms with Crippen LogP contribution in [0.2, 0.25) is 0 Å². The molecule has 1 unspecified atom stereocenters. The average molecular weight is 258 g/mol. The van der Waals surface area contributed by atoms with Crippen LogP contribution in [0.1, 0.15) is 23.6 Å². The van der Waals surface area contributed by atoms with Gasteiger partial charge in [-0.1, -0.05) is 18.2 Å². The molecule has 2 aromatic rings. The molecule has 0 fully saturated rings. The zero-order valence-corrected chi connectivity index (χ0v) is 10.5. The van der Waals surface area contributed by atoms with Crippen molar-refractivity contribution < 1.29 is 14.6 Å². The summed E-state index contributed by atoms with van der Waals surface area (Å²) in [5, 5.41) is 13.7. The Kier molecular flexibility index (Phi) is 2.74. The lowest BCUT2D eigenvalue weighted by Crippen LogP contribution is -2.10. The Hall–Kier alpha value is -2.30. The van der Waals surface area contributed by atoms with Crippen molar-refractivity contribution in [2.75, 3.05) is 7.11 Å². The molecule has 1 N–H and O–H groups in total. The second kappa shape index (κ2) is 4.42. The van der Waals surface area contributed by atoms with Crippen LogP contribution in [-0.2, 0) is 11.2 Å².